The van der Waals surface area contributed by atoms with E-state index < -0.39 is 17.6 Å². The summed E-state index contributed by atoms with van der Waals surface area (Å²) in [6, 6.07) is 15.5. The van der Waals surface area contributed by atoms with Crippen molar-refractivity contribution < 1.29 is 14.0 Å². The van der Waals surface area contributed by atoms with E-state index in [0.717, 1.165) is 23.5 Å². The van der Waals surface area contributed by atoms with Crippen LogP contribution in [0.25, 0.3) is 0 Å². The van der Waals surface area contributed by atoms with E-state index in [1.54, 1.807) is 0 Å². The molecule has 148 valence electrons. The quantitative estimate of drug-likeness (QED) is 0.673. The number of carbonyl (C=O) groups is 2. The fraction of sp³-hybridized carbons (Fsp3) is 0.182. The first-order chi connectivity index (χ1) is 14.0. The highest BCUT2D eigenvalue weighted by atomic mass is 32.1. The van der Waals surface area contributed by atoms with Crippen LogP contribution in [0.15, 0.2) is 54.6 Å². The molecule has 1 aromatic heterocycles. The van der Waals surface area contributed by atoms with Gasteiger partial charge in [0.25, 0.3) is 11.8 Å². The van der Waals surface area contributed by atoms with Gasteiger partial charge >= 0.3 is 0 Å². The predicted molar refractivity (Wildman–Crippen MR) is 111 cm³/mol. The average molecular weight is 409 g/mol. The second kappa shape index (κ2) is 8.14. The number of hydrogen-bond acceptors (Lipinski definition) is 4. The fourth-order valence-corrected chi connectivity index (χ4v) is 4.85. The van der Waals surface area contributed by atoms with Crippen LogP contribution in [0.4, 0.5) is 9.39 Å². The van der Waals surface area contributed by atoms with E-state index in [1.165, 1.54) is 41.2 Å². The molecule has 0 fully saturated rings. The van der Waals surface area contributed by atoms with Crippen molar-refractivity contribution in [3.63, 3.8) is 0 Å². The zero-order chi connectivity index (χ0) is 20.4. The molecule has 1 aliphatic heterocycles. The van der Waals surface area contributed by atoms with Gasteiger partial charge in [0.2, 0.25) is 0 Å². The van der Waals surface area contributed by atoms with Gasteiger partial charge in [-0.15, -0.1) is 11.3 Å². The Morgan fingerprint density at radius 1 is 1.10 bits per heavy atom. The van der Waals surface area contributed by atoms with Gasteiger partial charge in [0, 0.05) is 30.1 Å². The van der Waals surface area contributed by atoms with Crippen LogP contribution in [0.2, 0.25) is 0 Å². The number of nitrogens with one attached hydrogen (secondary N) is 1. The van der Waals surface area contributed by atoms with E-state index in [4.69, 9.17) is 5.73 Å². The zero-order valence-corrected chi connectivity index (χ0v) is 16.5. The SMILES string of the molecule is NC(=O)c1c(NC(=O)c2ccc(F)cc2)sc2c1CCN(Cc1ccccc1)C2. The molecule has 0 aliphatic carbocycles. The second-order valence-corrected chi connectivity index (χ2v) is 8.08. The number of hydrogen-bond donors (Lipinski definition) is 2. The highest BCUT2D eigenvalue weighted by Gasteiger charge is 2.28. The third-order valence-electron chi connectivity index (χ3n) is 4.96. The Morgan fingerprint density at radius 2 is 1.83 bits per heavy atom. The summed E-state index contributed by atoms with van der Waals surface area (Å²) in [6.45, 7) is 2.33. The first-order valence-corrected chi connectivity index (χ1v) is 10.1. The van der Waals surface area contributed by atoms with Gasteiger partial charge in [-0.3, -0.25) is 14.5 Å². The molecule has 3 aromatic rings. The molecule has 1 aliphatic rings. The third kappa shape index (κ3) is 4.21. The molecule has 2 amide bonds. The molecule has 0 radical (unpaired) electrons. The van der Waals surface area contributed by atoms with E-state index in [9.17, 15) is 14.0 Å². The molecule has 0 saturated carbocycles. The van der Waals surface area contributed by atoms with Crippen LogP contribution < -0.4 is 11.1 Å². The van der Waals surface area contributed by atoms with Gasteiger partial charge in [-0.2, -0.15) is 0 Å². The summed E-state index contributed by atoms with van der Waals surface area (Å²) in [5.41, 5.74) is 8.48. The smallest absolute Gasteiger partial charge is 0.256 e. The van der Waals surface area contributed by atoms with Gasteiger partial charge in [0.1, 0.15) is 10.8 Å². The predicted octanol–water partition coefficient (Wildman–Crippen LogP) is 3.80. The highest BCUT2D eigenvalue weighted by Crippen LogP contribution is 2.37. The first-order valence-electron chi connectivity index (χ1n) is 9.29. The monoisotopic (exact) mass is 409 g/mol. The van der Waals surface area contributed by atoms with Crippen LogP contribution in [-0.2, 0) is 19.5 Å². The van der Waals surface area contributed by atoms with Crippen molar-refractivity contribution in [1.29, 1.82) is 0 Å². The van der Waals surface area contributed by atoms with Gasteiger partial charge in [0.05, 0.1) is 5.56 Å². The second-order valence-electron chi connectivity index (χ2n) is 6.98. The van der Waals surface area contributed by atoms with Gasteiger partial charge in [-0.25, -0.2) is 4.39 Å². The van der Waals surface area contributed by atoms with Crippen LogP contribution in [0.5, 0.6) is 0 Å². The topological polar surface area (TPSA) is 75.4 Å². The minimum atomic E-state index is -0.548. The van der Waals surface area contributed by atoms with E-state index in [-0.39, 0.29) is 0 Å². The van der Waals surface area contributed by atoms with Crippen molar-refractivity contribution in [3.05, 3.63) is 87.5 Å². The highest BCUT2D eigenvalue weighted by molar-refractivity contribution is 7.17. The number of amides is 2. The lowest BCUT2D eigenvalue weighted by Crippen LogP contribution is -2.30. The molecule has 5 nitrogen and oxygen atoms in total. The number of fused-ring (bicyclic) bond motifs is 1. The number of benzene rings is 2. The van der Waals surface area contributed by atoms with E-state index >= 15 is 0 Å². The fourth-order valence-electron chi connectivity index (χ4n) is 3.56. The summed E-state index contributed by atoms with van der Waals surface area (Å²) in [6.07, 6.45) is 0.698. The lowest BCUT2D eigenvalue weighted by atomic mass is 10.0. The molecule has 0 bridgehead atoms. The summed E-state index contributed by atoms with van der Waals surface area (Å²) in [7, 11) is 0. The summed E-state index contributed by atoms with van der Waals surface area (Å²) >= 11 is 1.38. The molecule has 2 aromatic carbocycles. The Balaban J connectivity index is 1.56. The number of rotatable bonds is 5. The number of thiophene rings is 1. The number of nitrogens with two attached hydrogens (primary N) is 1. The molecular weight excluding hydrogens is 389 g/mol. The Labute approximate surface area is 172 Å². The molecule has 0 spiro atoms. The van der Waals surface area contributed by atoms with Crippen molar-refractivity contribution >= 4 is 28.2 Å². The summed E-state index contributed by atoms with van der Waals surface area (Å²) in [4.78, 5) is 28.0. The van der Waals surface area contributed by atoms with Crippen molar-refractivity contribution in [2.24, 2.45) is 5.73 Å². The van der Waals surface area contributed by atoms with Crippen molar-refractivity contribution in [3.8, 4) is 0 Å². The lowest BCUT2D eigenvalue weighted by Gasteiger charge is -2.27. The zero-order valence-electron chi connectivity index (χ0n) is 15.7. The maximum atomic E-state index is 13.1. The van der Waals surface area contributed by atoms with Crippen molar-refractivity contribution in [2.75, 3.05) is 11.9 Å². The Morgan fingerprint density at radius 3 is 2.52 bits per heavy atom. The molecule has 4 rings (SSSR count). The van der Waals surface area contributed by atoms with Gasteiger partial charge < -0.3 is 11.1 Å². The minimum absolute atomic E-state index is 0.318. The minimum Gasteiger partial charge on any atom is -0.365 e. The van der Waals surface area contributed by atoms with Gasteiger partial charge in [0.15, 0.2) is 0 Å². The molecule has 0 unspecified atom stereocenters. The van der Waals surface area contributed by atoms with Crippen LogP contribution in [0, 0.1) is 5.82 Å². The summed E-state index contributed by atoms with van der Waals surface area (Å²) < 4.78 is 13.1. The van der Waals surface area contributed by atoms with Crippen LogP contribution >= 0.6 is 11.3 Å². The Hall–Kier alpha value is -3.03. The normalized spacial score (nSPS) is 13.7. The molecule has 0 atom stereocenters. The molecule has 3 N–H and O–H groups in total. The van der Waals surface area contributed by atoms with Gasteiger partial charge in [-0.1, -0.05) is 30.3 Å². The number of nitrogens with zero attached hydrogens (tertiary/aromatic N) is 1. The first kappa shape index (κ1) is 19.3. The van der Waals surface area contributed by atoms with E-state index in [1.807, 2.05) is 18.2 Å². The molecular formula is C22H20FN3O2S. The molecule has 7 heteroatoms. The number of halogens is 1. The Kier molecular flexibility index (Phi) is 5.42. The number of primary amides is 1. The largest absolute Gasteiger partial charge is 0.365 e. The van der Waals surface area contributed by atoms with Crippen LogP contribution in [-0.4, -0.2) is 23.3 Å². The van der Waals surface area contributed by atoms with E-state index in [0.29, 0.717) is 29.1 Å². The summed E-state index contributed by atoms with van der Waals surface area (Å²) in [5.74, 6) is -1.36. The lowest BCUT2D eigenvalue weighted by molar-refractivity contribution is 0.0999. The maximum Gasteiger partial charge on any atom is 0.256 e. The Bertz CT molecular complexity index is 1050. The van der Waals surface area contributed by atoms with Crippen LogP contribution in [0.3, 0.4) is 0 Å². The van der Waals surface area contributed by atoms with E-state index in [2.05, 4.69) is 22.3 Å². The standard InChI is InChI=1S/C22H20FN3O2S/c23-16-8-6-15(7-9-16)21(28)25-22-19(20(24)27)17-10-11-26(13-18(17)29-22)12-14-4-2-1-3-5-14/h1-9H,10-13H2,(H2,24,27)(H,25,28). The van der Waals surface area contributed by atoms with Gasteiger partial charge in [-0.05, 0) is 41.8 Å². The average Bonchev–Trinajstić information content (AvgIpc) is 3.06. The molecule has 0 saturated heterocycles. The number of anilines is 1. The van der Waals surface area contributed by atoms with Crippen molar-refractivity contribution in [1.82, 2.24) is 4.90 Å². The molecule has 2 heterocycles. The summed E-state index contributed by atoms with van der Waals surface area (Å²) in [5, 5.41) is 3.24. The molecule has 29 heavy (non-hydrogen) atoms. The van der Waals surface area contributed by atoms with Crippen molar-refractivity contribution in [2.45, 2.75) is 19.5 Å². The number of carbonyl (C=O) groups excluding carboxylic acids is 2. The maximum absolute atomic E-state index is 13.1. The van der Waals surface area contributed by atoms with Crippen LogP contribution in [0.1, 0.15) is 36.7 Å². The third-order valence-corrected chi connectivity index (χ3v) is 6.10.